The van der Waals surface area contributed by atoms with Crippen LogP contribution in [0.2, 0.25) is 0 Å². The van der Waals surface area contributed by atoms with Gasteiger partial charge in [-0.15, -0.1) is 11.4 Å². The Morgan fingerprint density at radius 2 is 0.862 bits per heavy atom. The van der Waals surface area contributed by atoms with Crippen molar-refractivity contribution in [3.05, 3.63) is 52.8 Å². The minimum Gasteiger partial charge on any atom is -0.657 e. The molecule has 0 radical (unpaired) electrons. The zero-order valence-corrected chi connectivity index (χ0v) is 21.9. The molecule has 0 amide bonds. The van der Waals surface area contributed by atoms with Crippen molar-refractivity contribution in [2.45, 2.75) is 91.9 Å². The summed E-state index contributed by atoms with van der Waals surface area (Å²) in [6.45, 7) is 23.3. The average molecular weight is 429 g/mol. The Morgan fingerprint density at radius 3 is 1.14 bits per heavy atom. The fourth-order valence-electron chi connectivity index (χ4n) is 4.30. The summed E-state index contributed by atoms with van der Waals surface area (Å²) < 4.78 is 0. The monoisotopic (exact) mass is 428 g/mol. The van der Waals surface area contributed by atoms with Crippen LogP contribution in [-0.4, -0.2) is 22.6 Å². The maximum Gasteiger partial charge on any atom is -0.0224 e. The predicted octanol–water partition coefficient (Wildman–Crippen LogP) is 8.49. The van der Waals surface area contributed by atoms with Gasteiger partial charge in [0.15, 0.2) is 0 Å². The Kier molecular flexibility index (Phi) is 8.75. The van der Waals surface area contributed by atoms with E-state index >= 15 is 0 Å². The molecule has 0 aromatic heterocycles. The third-order valence-electron chi connectivity index (χ3n) is 5.28. The van der Waals surface area contributed by atoms with Crippen molar-refractivity contribution in [2.24, 2.45) is 0 Å². The number of aryl methyl sites for hydroxylation is 2. The molecular weight excluding hydrogens is 388 g/mol. The summed E-state index contributed by atoms with van der Waals surface area (Å²) in [5.74, 6) is 0. The molecule has 0 spiro atoms. The van der Waals surface area contributed by atoms with Gasteiger partial charge in [0.05, 0.1) is 0 Å². The van der Waals surface area contributed by atoms with E-state index in [-0.39, 0.29) is 15.8 Å². The average Bonchev–Trinajstić information content (AvgIpc) is 2.58. The molecular formula is C26H40NP2-. The molecule has 0 saturated carbocycles. The highest BCUT2D eigenvalue weighted by atomic mass is 31.1. The van der Waals surface area contributed by atoms with E-state index in [1.165, 1.54) is 33.1 Å². The Labute approximate surface area is 182 Å². The van der Waals surface area contributed by atoms with Gasteiger partial charge in [0, 0.05) is 0 Å². The summed E-state index contributed by atoms with van der Waals surface area (Å²) in [5, 5.41) is 8.26. The maximum absolute atomic E-state index is 5.33. The molecule has 0 heterocycles. The first-order chi connectivity index (χ1) is 13.5. The summed E-state index contributed by atoms with van der Waals surface area (Å²) in [6.07, 6.45) is 0. The molecule has 0 aliphatic rings. The molecule has 0 fully saturated rings. The molecule has 2 rings (SSSR count). The van der Waals surface area contributed by atoms with Gasteiger partial charge >= 0.3 is 0 Å². The second kappa shape index (κ2) is 10.4. The van der Waals surface area contributed by atoms with E-state index in [0.717, 1.165) is 0 Å². The van der Waals surface area contributed by atoms with Crippen molar-refractivity contribution in [1.29, 1.82) is 0 Å². The van der Waals surface area contributed by atoms with Crippen LogP contribution in [0.5, 0.6) is 0 Å². The summed E-state index contributed by atoms with van der Waals surface area (Å²) in [5.41, 5.74) is 7.65. The zero-order valence-electron chi connectivity index (χ0n) is 20.1. The van der Waals surface area contributed by atoms with Crippen LogP contribution in [0.1, 0.15) is 66.5 Å². The smallest absolute Gasteiger partial charge is 0.0224 e. The van der Waals surface area contributed by atoms with E-state index in [9.17, 15) is 0 Å². The lowest BCUT2D eigenvalue weighted by Crippen LogP contribution is -2.18. The van der Waals surface area contributed by atoms with Crippen LogP contribution >= 0.6 is 15.8 Å². The van der Waals surface area contributed by atoms with Crippen molar-refractivity contribution in [2.75, 3.05) is 0 Å². The highest BCUT2D eigenvalue weighted by molar-refractivity contribution is 7.67. The Bertz CT molecular complexity index is 725. The molecule has 29 heavy (non-hydrogen) atoms. The van der Waals surface area contributed by atoms with Gasteiger partial charge in [0.2, 0.25) is 0 Å². The van der Waals surface area contributed by atoms with Gasteiger partial charge in [-0.2, -0.15) is 0 Å². The second-order valence-electron chi connectivity index (χ2n) is 9.29. The van der Waals surface area contributed by atoms with E-state index < -0.39 is 0 Å². The third kappa shape index (κ3) is 6.06. The van der Waals surface area contributed by atoms with Gasteiger partial charge in [-0.05, 0) is 47.1 Å². The topological polar surface area (TPSA) is 14.1 Å². The largest absolute Gasteiger partial charge is 0.657 e. The van der Waals surface area contributed by atoms with Crippen LogP contribution in [-0.2, 0) is 0 Å². The van der Waals surface area contributed by atoms with Crippen LogP contribution in [0, 0.1) is 13.8 Å². The van der Waals surface area contributed by atoms with Gasteiger partial charge in [-0.1, -0.05) is 119 Å². The first kappa shape index (κ1) is 24.4. The lowest BCUT2D eigenvalue weighted by atomic mass is 10.2. The van der Waals surface area contributed by atoms with Crippen molar-refractivity contribution in [1.82, 2.24) is 0 Å². The summed E-state index contributed by atoms with van der Waals surface area (Å²) in [4.78, 5) is 0. The fourth-order valence-corrected chi connectivity index (χ4v) is 10.4. The maximum atomic E-state index is 5.33. The predicted molar refractivity (Wildman–Crippen MR) is 139 cm³/mol. The summed E-state index contributed by atoms with van der Waals surface area (Å²) in [7, 11) is -0.503. The second-order valence-corrected chi connectivity index (χ2v) is 16.0. The summed E-state index contributed by atoms with van der Waals surface area (Å²) in [6, 6.07) is 13.7. The van der Waals surface area contributed by atoms with Crippen LogP contribution < -0.4 is 10.6 Å². The molecule has 2 aromatic carbocycles. The lowest BCUT2D eigenvalue weighted by Gasteiger charge is -2.38. The van der Waals surface area contributed by atoms with Crippen LogP contribution in [0.4, 0.5) is 11.4 Å². The van der Waals surface area contributed by atoms with Crippen LogP contribution in [0.25, 0.3) is 5.32 Å². The van der Waals surface area contributed by atoms with Gasteiger partial charge in [0.1, 0.15) is 0 Å². The molecule has 0 saturated heterocycles. The quantitative estimate of drug-likeness (QED) is 0.374. The molecule has 0 atom stereocenters. The first-order valence-corrected chi connectivity index (χ1v) is 14.0. The van der Waals surface area contributed by atoms with E-state index in [2.05, 4.69) is 106 Å². The standard InChI is InChI=1S/C26H40NP2/c1-17(2)28(18(3)4)25-15-21(9)11-13-23(25)27-24-14-12-22(10)16-26(24)29(19(5)6)20(7)8/h11-20H,1-10H3/q-1. The van der Waals surface area contributed by atoms with E-state index in [0.29, 0.717) is 22.6 Å². The van der Waals surface area contributed by atoms with Crippen molar-refractivity contribution in [3.63, 3.8) is 0 Å². The number of nitrogens with zero attached hydrogens (tertiary/aromatic N) is 1. The Balaban J connectivity index is 2.58. The van der Waals surface area contributed by atoms with E-state index in [1.54, 1.807) is 0 Å². The first-order valence-electron chi connectivity index (χ1n) is 11.0. The molecule has 0 unspecified atom stereocenters. The number of hydrogen-bond donors (Lipinski definition) is 0. The Hall–Kier alpha value is -0.900. The normalized spacial score (nSPS) is 12.3. The number of hydrogen-bond acceptors (Lipinski definition) is 0. The van der Waals surface area contributed by atoms with Crippen molar-refractivity contribution in [3.8, 4) is 0 Å². The minimum absolute atomic E-state index is 0.251. The fraction of sp³-hybridized carbons (Fsp3) is 0.538. The number of rotatable bonds is 8. The molecule has 0 aliphatic carbocycles. The molecule has 2 aromatic rings. The van der Waals surface area contributed by atoms with Crippen LogP contribution in [0.3, 0.4) is 0 Å². The highest BCUT2D eigenvalue weighted by Gasteiger charge is 2.22. The molecule has 1 nitrogen and oxygen atoms in total. The highest BCUT2D eigenvalue weighted by Crippen LogP contribution is 2.51. The van der Waals surface area contributed by atoms with Gasteiger partial charge in [-0.3, -0.25) is 0 Å². The summed E-state index contributed by atoms with van der Waals surface area (Å²) >= 11 is 0. The zero-order chi connectivity index (χ0) is 21.9. The molecule has 0 N–H and O–H groups in total. The minimum atomic E-state index is -0.251. The third-order valence-corrected chi connectivity index (χ3v) is 11.6. The number of benzene rings is 2. The molecule has 0 aliphatic heterocycles. The molecule has 160 valence electrons. The SMILES string of the molecule is Cc1ccc([N-]c2ccc(C)cc2P(C(C)C)C(C)C)c(P(C(C)C)C(C)C)c1. The lowest BCUT2D eigenvalue weighted by molar-refractivity contribution is 1.02. The van der Waals surface area contributed by atoms with Crippen LogP contribution in [0.15, 0.2) is 36.4 Å². The Morgan fingerprint density at radius 1 is 0.552 bits per heavy atom. The van der Waals surface area contributed by atoms with Crippen molar-refractivity contribution < 1.29 is 0 Å². The van der Waals surface area contributed by atoms with Gasteiger partial charge < -0.3 is 5.32 Å². The van der Waals surface area contributed by atoms with Gasteiger partial charge in [0.25, 0.3) is 0 Å². The molecule has 3 heteroatoms. The molecule has 0 bridgehead atoms. The van der Waals surface area contributed by atoms with Crippen molar-refractivity contribution >= 4 is 37.8 Å². The van der Waals surface area contributed by atoms with E-state index in [1.807, 2.05) is 0 Å². The van der Waals surface area contributed by atoms with Gasteiger partial charge in [-0.25, -0.2) is 0 Å². The van der Waals surface area contributed by atoms with E-state index in [4.69, 9.17) is 5.32 Å².